The van der Waals surface area contributed by atoms with Crippen LogP contribution in [0.2, 0.25) is 0 Å². The highest BCUT2D eigenvalue weighted by Crippen LogP contribution is 2.45. The molecule has 0 saturated heterocycles. The van der Waals surface area contributed by atoms with E-state index in [1.54, 1.807) is 14.2 Å². The minimum absolute atomic E-state index is 0.0187. The zero-order valence-electron chi connectivity index (χ0n) is 19.6. The Morgan fingerprint density at radius 2 is 1.69 bits per heavy atom. The van der Waals surface area contributed by atoms with Crippen LogP contribution in [0.15, 0.2) is 54.6 Å². The van der Waals surface area contributed by atoms with E-state index in [-0.39, 0.29) is 17.9 Å². The Kier molecular flexibility index (Phi) is 6.07. The summed E-state index contributed by atoms with van der Waals surface area (Å²) in [7, 11) is 3.28. The van der Waals surface area contributed by atoms with Crippen molar-refractivity contribution >= 4 is 21.5 Å². The van der Waals surface area contributed by atoms with Gasteiger partial charge in [-0.2, -0.15) is 13.2 Å². The molecule has 6 heteroatoms. The van der Waals surface area contributed by atoms with Crippen molar-refractivity contribution in [3.63, 3.8) is 0 Å². The van der Waals surface area contributed by atoms with E-state index in [0.717, 1.165) is 76.1 Å². The fourth-order valence-corrected chi connectivity index (χ4v) is 5.64. The Morgan fingerprint density at radius 3 is 2.43 bits per heavy atom. The quantitative estimate of drug-likeness (QED) is 0.211. The summed E-state index contributed by atoms with van der Waals surface area (Å²) in [5.41, 5.74) is 1.65. The van der Waals surface area contributed by atoms with Crippen LogP contribution < -0.4 is 9.47 Å². The van der Waals surface area contributed by atoms with Crippen molar-refractivity contribution in [1.82, 2.24) is 0 Å². The first-order valence-electron chi connectivity index (χ1n) is 11.8. The highest BCUT2D eigenvalue weighted by Gasteiger charge is 2.33. The molecule has 0 aliphatic heterocycles. The van der Waals surface area contributed by atoms with Crippen molar-refractivity contribution in [3.05, 3.63) is 82.7 Å². The van der Waals surface area contributed by atoms with E-state index in [0.29, 0.717) is 6.42 Å². The van der Waals surface area contributed by atoms with Gasteiger partial charge in [0, 0.05) is 0 Å². The summed E-state index contributed by atoms with van der Waals surface area (Å²) in [5.74, 6) is 0.944. The Labute approximate surface area is 201 Å². The van der Waals surface area contributed by atoms with Gasteiger partial charge in [-0.15, -0.1) is 0 Å². The lowest BCUT2D eigenvalue weighted by Gasteiger charge is -2.28. The second-order valence-electron chi connectivity index (χ2n) is 9.12. The van der Waals surface area contributed by atoms with Gasteiger partial charge >= 0.3 is 6.18 Å². The molecule has 35 heavy (non-hydrogen) atoms. The molecule has 0 spiro atoms. The predicted octanol–water partition coefficient (Wildman–Crippen LogP) is 8.22. The number of fused-ring (bicyclic) bond motifs is 5. The first kappa shape index (κ1) is 23.5. The molecule has 182 valence electrons. The minimum atomic E-state index is -4.50. The molecule has 0 amide bonds. The van der Waals surface area contributed by atoms with Crippen LogP contribution in [0.4, 0.5) is 17.6 Å². The first-order chi connectivity index (χ1) is 16.8. The van der Waals surface area contributed by atoms with Crippen LogP contribution in [0.3, 0.4) is 0 Å². The van der Waals surface area contributed by atoms with Crippen LogP contribution in [0, 0.1) is 5.82 Å². The van der Waals surface area contributed by atoms with Gasteiger partial charge in [0.05, 0.1) is 25.2 Å². The molecule has 0 saturated carbocycles. The molecular weight excluding hydrogens is 456 g/mol. The molecule has 0 aromatic heterocycles. The SMILES string of the molecule is COc1cccc2c1c(OC)cc1c3c(ccc12)[C@H](CCc1cc(F)ccc1C(F)(F)F)CCC3. The zero-order valence-corrected chi connectivity index (χ0v) is 19.6. The predicted molar refractivity (Wildman–Crippen MR) is 130 cm³/mol. The van der Waals surface area contributed by atoms with Crippen molar-refractivity contribution < 1.29 is 27.0 Å². The van der Waals surface area contributed by atoms with Crippen LogP contribution in [0.5, 0.6) is 11.5 Å². The third-order valence-electron chi connectivity index (χ3n) is 7.23. The number of rotatable bonds is 5. The van der Waals surface area contributed by atoms with Crippen molar-refractivity contribution in [2.45, 2.75) is 44.2 Å². The Morgan fingerprint density at radius 1 is 0.886 bits per heavy atom. The second-order valence-corrected chi connectivity index (χ2v) is 9.12. The summed E-state index contributed by atoms with van der Waals surface area (Å²) in [6.07, 6.45) is -1.05. The molecule has 0 radical (unpaired) electrons. The van der Waals surface area contributed by atoms with E-state index in [1.165, 1.54) is 5.56 Å². The molecule has 4 aromatic carbocycles. The van der Waals surface area contributed by atoms with Gasteiger partial charge in [0.2, 0.25) is 0 Å². The molecule has 2 nitrogen and oxygen atoms in total. The van der Waals surface area contributed by atoms with Crippen molar-refractivity contribution in [1.29, 1.82) is 0 Å². The summed E-state index contributed by atoms with van der Waals surface area (Å²) in [6.45, 7) is 0. The Balaban J connectivity index is 1.56. The number of aryl methyl sites for hydroxylation is 2. The lowest BCUT2D eigenvalue weighted by atomic mass is 9.77. The highest BCUT2D eigenvalue weighted by atomic mass is 19.4. The van der Waals surface area contributed by atoms with E-state index in [9.17, 15) is 17.6 Å². The third kappa shape index (κ3) is 4.19. The summed E-state index contributed by atoms with van der Waals surface area (Å²) in [6, 6.07) is 14.9. The molecule has 0 fully saturated rings. The molecule has 0 unspecified atom stereocenters. The fourth-order valence-electron chi connectivity index (χ4n) is 5.64. The zero-order chi connectivity index (χ0) is 24.7. The molecule has 5 rings (SSSR count). The number of methoxy groups -OCH3 is 2. The van der Waals surface area contributed by atoms with Crippen LogP contribution in [0.25, 0.3) is 21.5 Å². The lowest BCUT2D eigenvalue weighted by Crippen LogP contribution is -2.14. The Hall–Kier alpha value is -3.28. The first-order valence-corrected chi connectivity index (χ1v) is 11.8. The number of hydrogen-bond acceptors (Lipinski definition) is 2. The van der Waals surface area contributed by atoms with Gasteiger partial charge in [-0.1, -0.05) is 24.3 Å². The number of benzene rings is 4. The molecule has 0 heterocycles. The molecule has 0 N–H and O–H groups in total. The smallest absolute Gasteiger partial charge is 0.416 e. The normalized spacial score (nSPS) is 15.9. The monoisotopic (exact) mass is 482 g/mol. The van der Waals surface area contributed by atoms with E-state index in [4.69, 9.17) is 9.47 Å². The lowest BCUT2D eigenvalue weighted by molar-refractivity contribution is -0.138. The van der Waals surface area contributed by atoms with Crippen molar-refractivity contribution in [3.8, 4) is 11.5 Å². The van der Waals surface area contributed by atoms with Gasteiger partial charge in [0.25, 0.3) is 0 Å². The average molecular weight is 483 g/mol. The minimum Gasteiger partial charge on any atom is -0.496 e. The summed E-state index contributed by atoms with van der Waals surface area (Å²) >= 11 is 0. The number of halogens is 4. The van der Waals surface area contributed by atoms with Gasteiger partial charge in [-0.3, -0.25) is 0 Å². The van der Waals surface area contributed by atoms with Gasteiger partial charge in [0.1, 0.15) is 17.3 Å². The van der Waals surface area contributed by atoms with Gasteiger partial charge in [-0.05, 0) is 101 Å². The van der Waals surface area contributed by atoms with E-state index in [1.807, 2.05) is 12.1 Å². The number of hydrogen-bond donors (Lipinski definition) is 0. The summed E-state index contributed by atoms with van der Waals surface area (Å²) in [5, 5.41) is 4.16. The van der Waals surface area contributed by atoms with Gasteiger partial charge in [-0.25, -0.2) is 4.39 Å². The summed E-state index contributed by atoms with van der Waals surface area (Å²) < 4.78 is 65.5. The second kappa shape index (κ2) is 9.06. The number of ether oxygens (including phenoxy) is 2. The topological polar surface area (TPSA) is 18.5 Å². The van der Waals surface area contributed by atoms with Crippen LogP contribution >= 0.6 is 0 Å². The maximum atomic E-state index is 13.8. The van der Waals surface area contributed by atoms with Crippen LogP contribution in [0.1, 0.15) is 47.4 Å². The van der Waals surface area contributed by atoms with Gasteiger partial charge < -0.3 is 9.47 Å². The number of alkyl halides is 3. The molecule has 1 atom stereocenters. The molecule has 4 aromatic rings. The largest absolute Gasteiger partial charge is 0.496 e. The van der Waals surface area contributed by atoms with Gasteiger partial charge in [0.15, 0.2) is 0 Å². The fraction of sp³-hybridized carbons (Fsp3) is 0.310. The van der Waals surface area contributed by atoms with E-state index < -0.39 is 17.6 Å². The van der Waals surface area contributed by atoms with Crippen LogP contribution in [-0.2, 0) is 19.0 Å². The molecule has 1 aliphatic carbocycles. The molecule has 1 aliphatic rings. The Bertz CT molecular complexity index is 1410. The maximum absolute atomic E-state index is 13.8. The van der Waals surface area contributed by atoms with Crippen molar-refractivity contribution in [2.24, 2.45) is 0 Å². The van der Waals surface area contributed by atoms with E-state index in [2.05, 4.69) is 24.3 Å². The maximum Gasteiger partial charge on any atom is 0.416 e. The summed E-state index contributed by atoms with van der Waals surface area (Å²) in [4.78, 5) is 0. The van der Waals surface area contributed by atoms with Crippen LogP contribution in [-0.4, -0.2) is 14.2 Å². The molecule has 0 bridgehead atoms. The highest BCUT2D eigenvalue weighted by molar-refractivity contribution is 6.13. The van der Waals surface area contributed by atoms with E-state index >= 15 is 0 Å². The van der Waals surface area contributed by atoms with Crippen molar-refractivity contribution in [2.75, 3.05) is 14.2 Å². The third-order valence-corrected chi connectivity index (χ3v) is 7.23. The molecular formula is C29H26F4O2. The standard InChI is InChI=1S/C29H26F4O2/c1-34-26-8-4-7-23-22-13-12-20-17(5-3-6-21(20)24(22)16-27(35-2)28(23)26)9-10-18-15-19(30)11-14-25(18)29(31,32)33/h4,7-8,11-17H,3,5-6,9-10H2,1-2H3/t17-/m0/s1. The average Bonchev–Trinajstić information content (AvgIpc) is 2.85.